The third-order valence-corrected chi connectivity index (χ3v) is 4.07. The van der Waals surface area contributed by atoms with Crippen molar-refractivity contribution >= 4 is 22.9 Å². The van der Waals surface area contributed by atoms with Gasteiger partial charge in [-0.25, -0.2) is 0 Å². The van der Waals surface area contributed by atoms with Crippen molar-refractivity contribution in [1.29, 1.82) is 0 Å². The molecule has 0 bridgehead atoms. The van der Waals surface area contributed by atoms with Crippen LogP contribution in [0.25, 0.3) is 0 Å². The van der Waals surface area contributed by atoms with Crippen molar-refractivity contribution in [1.82, 2.24) is 5.32 Å². The molecular formula is C14H16ClNO2S. The molecule has 0 saturated heterocycles. The summed E-state index contributed by atoms with van der Waals surface area (Å²) >= 11 is 7.89. The first-order valence-corrected chi connectivity index (χ1v) is 7.21. The van der Waals surface area contributed by atoms with Crippen LogP contribution >= 0.6 is 22.9 Å². The van der Waals surface area contributed by atoms with Crippen molar-refractivity contribution in [3.63, 3.8) is 0 Å². The number of rotatable bonds is 6. The van der Waals surface area contributed by atoms with Gasteiger partial charge >= 0.3 is 0 Å². The van der Waals surface area contributed by atoms with E-state index in [0.29, 0.717) is 17.3 Å². The van der Waals surface area contributed by atoms with Crippen LogP contribution in [-0.4, -0.2) is 18.8 Å². The van der Waals surface area contributed by atoms with E-state index in [2.05, 4.69) is 11.4 Å². The van der Waals surface area contributed by atoms with Gasteiger partial charge in [-0.05, 0) is 23.6 Å². The largest absolute Gasteiger partial charge is 0.496 e. The summed E-state index contributed by atoms with van der Waals surface area (Å²) < 4.78 is 5.31. The third-order valence-electron chi connectivity index (χ3n) is 2.87. The van der Waals surface area contributed by atoms with Gasteiger partial charge in [0.1, 0.15) is 5.75 Å². The number of aliphatic hydroxyl groups excluding tert-OH is 1. The molecule has 0 saturated carbocycles. The van der Waals surface area contributed by atoms with Crippen molar-refractivity contribution < 1.29 is 9.84 Å². The van der Waals surface area contributed by atoms with Gasteiger partial charge in [0.05, 0.1) is 19.8 Å². The molecule has 0 radical (unpaired) electrons. The lowest BCUT2D eigenvalue weighted by atomic mass is 10.1. The van der Waals surface area contributed by atoms with Crippen LogP contribution in [0.1, 0.15) is 16.5 Å². The quantitative estimate of drug-likeness (QED) is 0.860. The van der Waals surface area contributed by atoms with Gasteiger partial charge in [0.2, 0.25) is 0 Å². The van der Waals surface area contributed by atoms with Crippen LogP contribution in [0.4, 0.5) is 0 Å². The highest BCUT2D eigenvalue weighted by Crippen LogP contribution is 2.32. The number of hydrogen-bond donors (Lipinski definition) is 2. The van der Waals surface area contributed by atoms with Gasteiger partial charge in [0, 0.05) is 22.0 Å². The van der Waals surface area contributed by atoms with E-state index in [1.54, 1.807) is 24.5 Å². The molecule has 2 rings (SSSR count). The molecule has 1 unspecified atom stereocenters. The molecule has 1 atom stereocenters. The van der Waals surface area contributed by atoms with Crippen LogP contribution in [0.15, 0.2) is 35.7 Å². The van der Waals surface area contributed by atoms with Crippen molar-refractivity contribution in [3.05, 3.63) is 51.2 Å². The van der Waals surface area contributed by atoms with Crippen molar-refractivity contribution in [2.75, 3.05) is 13.7 Å². The molecule has 1 aromatic carbocycles. The Morgan fingerprint density at radius 2 is 2.21 bits per heavy atom. The Hall–Kier alpha value is -1.07. The topological polar surface area (TPSA) is 41.5 Å². The summed E-state index contributed by atoms with van der Waals surface area (Å²) in [6, 6.07) is 9.29. The minimum atomic E-state index is -0.245. The zero-order valence-corrected chi connectivity index (χ0v) is 12.2. The van der Waals surface area contributed by atoms with E-state index < -0.39 is 0 Å². The van der Waals surface area contributed by atoms with E-state index >= 15 is 0 Å². The highest BCUT2D eigenvalue weighted by molar-refractivity contribution is 7.09. The average Bonchev–Trinajstić information content (AvgIpc) is 2.94. The minimum absolute atomic E-state index is 0.0362. The maximum Gasteiger partial charge on any atom is 0.125 e. The normalized spacial score (nSPS) is 12.4. The number of benzene rings is 1. The average molecular weight is 298 g/mol. The van der Waals surface area contributed by atoms with E-state index in [-0.39, 0.29) is 12.6 Å². The fraction of sp³-hybridized carbons (Fsp3) is 0.286. The number of aliphatic hydroxyl groups is 1. The fourth-order valence-corrected chi connectivity index (χ4v) is 2.88. The number of thiophene rings is 1. The van der Waals surface area contributed by atoms with E-state index in [9.17, 15) is 5.11 Å². The van der Waals surface area contributed by atoms with Crippen LogP contribution < -0.4 is 10.1 Å². The van der Waals surface area contributed by atoms with Crippen molar-refractivity contribution in [2.45, 2.75) is 12.6 Å². The van der Waals surface area contributed by atoms with Gasteiger partial charge < -0.3 is 15.2 Å². The number of ether oxygens (including phenoxy) is 1. The molecule has 1 aromatic heterocycles. The van der Waals surface area contributed by atoms with Gasteiger partial charge in [-0.3, -0.25) is 0 Å². The fourth-order valence-electron chi connectivity index (χ4n) is 1.93. The lowest BCUT2D eigenvalue weighted by Crippen LogP contribution is -2.24. The molecule has 0 spiro atoms. The molecule has 0 aliphatic heterocycles. The Morgan fingerprint density at radius 3 is 2.84 bits per heavy atom. The van der Waals surface area contributed by atoms with Gasteiger partial charge in [0.25, 0.3) is 0 Å². The zero-order chi connectivity index (χ0) is 13.7. The van der Waals surface area contributed by atoms with Gasteiger partial charge in [0.15, 0.2) is 0 Å². The molecule has 3 nitrogen and oxygen atoms in total. The van der Waals surface area contributed by atoms with Crippen molar-refractivity contribution in [3.8, 4) is 5.75 Å². The molecule has 0 aliphatic carbocycles. The molecule has 0 fully saturated rings. The Labute approximate surface area is 121 Å². The van der Waals surface area contributed by atoms with E-state index in [4.69, 9.17) is 16.3 Å². The number of hydrogen-bond acceptors (Lipinski definition) is 4. The summed E-state index contributed by atoms with van der Waals surface area (Å²) in [6.45, 7) is 0.655. The molecule has 19 heavy (non-hydrogen) atoms. The second kappa shape index (κ2) is 6.91. The highest BCUT2D eigenvalue weighted by Gasteiger charge is 2.18. The maximum absolute atomic E-state index is 9.58. The monoisotopic (exact) mass is 297 g/mol. The van der Waals surface area contributed by atoms with Crippen LogP contribution in [-0.2, 0) is 6.54 Å². The molecule has 2 N–H and O–H groups in total. The first-order chi connectivity index (χ1) is 9.26. The molecule has 2 aromatic rings. The molecule has 0 amide bonds. The summed E-state index contributed by atoms with van der Waals surface area (Å²) in [5.41, 5.74) is 0.797. The summed E-state index contributed by atoms with van der Waals surface area (Å²) in [4.78, 5) is 1.21. The first-order valence-electron chi connectivity index (χ1n) is 5.95. The maximum atomic E-state index is 9.58. The second-order valence-corrected chi connectivity index (χ2v) is 5.49. The lowest BCUT2D eigenvalue weighted by molar-refractivity contribution is 0.240. The summed E-state index contributed by atoms with van der Waals surface area (Å²) in [5.74, 6) is 0.685. The predicted molar refractivity (Wildman–Crippen MR) is 79.0 cm³/mol. The number of nitrogens with one attached hydrogen (secondary N) is 1. The molecular weight excluding hydrogens is 282 g/mol. The first kappa shape index (κ1) is 14.3. The Bertz CT molecular complexity index is 516. The van der Waals surface area contributed by atoms with E-state index in [1.165, 1.54) is 4.88 Å². The Balaban J connectivity index is 2.17. The lowest BCUT2D eigenvalue weighted by Gasteiger charge is -2.20. The summed E-state index contributed by atoms with van der Waals surface area (Å²) in [6.07, 6.45) is 0. The highest BCUT2D eigenvalue weighted by atomic mass is 35.5. The Morgan fingerprint density at radius 1 is 1.37 bits per heavy atom. The van der Waals surface area contributed by atoms with Crippen LogP contribution in [0.3, 0.4) is 0 Å². The van der Waals surface area contributed by atoms with Gasteiger partial charge in [-0.15, -0.1) is 11.3 Å². The third kappa shape index (κ3) is 3.48. The van der Waals surface area contributed by atoms with Crippen molar-refractivity contribution in [2.24, 2.45) is 0 Å². The summed E-state index contributed by atoms with van der Waals surface area (Å²) in [7, 11) is 1.60. The van der Waals surface area contributed by atoms with Gasteiger partial charge in [-0.1, -0.05) is 23.7 Å². The number of halogens is 1. The van der Waals surface area contributed by atoms with E-state index in [0.717, 1.165) is 5.56 Å². The predicted octanol–water partition coefficient (Wildman–Crippen LogP) is 3.23. The van der Waals surface area contributed by atoms with Crippen LogP contribution in [0.2, 0.25) is 5.02 Å². The smallest absolute Gasteiger partial charge is 0.125 e. The second-order valence-electron chi connectivity index (χ2n) is 4.05. The molecule has 5 heteroatoms. The molecule has 0 aliphatic rings. The molecule has 102 valence electrons. The minimum Gasteiger partial charge on any atom is -0.496 e. The van der Waals surface area contributed by atoms with Crippen LogP contribution in [0.5, 0.6) is 5.75 Å². The Kier molecular flexibility index (Phi) is 5.22. The SMILES string of the molecule is COc1cccc(Cl)c1C(CO)NCc1cccs1. The zero-order valence-electron chi connectivity index (χ0n) is 10.6. The summed E-state index contributed by atoms with van der Waals surface area (Å²) in [5, 5.41) is 15.5. The number of methoxy groups -OCH3 is 1. The molecule has 1 heterocycles. The van der Waals surface area contributed by atoms with Crippen LogP contribution in [0, 0.1) is 0 Å². The standard InChI is InChI=1S/C14H16ClNO2S/c1-18-13-6-2-5-11(15)14(13)12(9-17)16-8-10-4-3-7-19-10/h2-7,12,16-17H,8-9H2,1H3. The van der Waals surface area contributed by atoms with Gasteiger partial charge in [-0.2, -0.15) is 0 Å². The van der Waals surface area contributed by atoms with E-state index in [1.807, 2.05) is 23.6 Å².